The summed E-state index contributed by atoms with van der Waals surface area (Å²) in [5.74, 6) is -0.603. The summed E-state index contributed by atoms with van der Waals surface area (Å²) in [5, 5.41) is 9.56. The fraction of sp³-hybridized carbons (Fsp3) is 0.571. The van der Waals surface area contributed by atoms with E-state index in [1.54, 1.807) is 13.0 Å². The molecule has 104 valence electrons. The number of hydrogen-bond donors (Lipinski definition) is 1. The topological polar surface area (TPSA) is 70.8 Å². The first-order valence-corrected chi connectivity index (χ1v) is 6.62. The molecule has 1 amide bonds. The monoisotopic (exact) mass is 265 g/mol. The molecule has 0 bridgehead atoms. The third-order valence-corrected chi connectivity index (χ3v) is 3.88. The van der Waals surface area contributed by atoms with Gasteiger partial charge in [0.1, 0.15) is 11.3 Å². The summed E-state index contributed by atoms with van der Waals surface area (Å²) in [6, 6.07) is 1.61. The zero-order valence-corrected chi connectivity index (χ0v) is 11.3. The van der Waals surface area contributed by atoms with E-state index in [0.717, 1.165) is 12.8 Å². The number of carboxylic acids is 1. The summed E-state index contributed by atoms with van der Waals surface area (Å²) < 4.78 is 5.14. The Balaban J connectivity index is 2.35. The largest absolute Gasteiger partial charge is 0.479 e. The molecule has 1 aliphatic rings. The van der Waals surface area contributed by atoms with Gasteiger partial charge in [0.25, 0.3) is 5.91 Å². The molecule has 5 heteroatoms. The normalized spacial score (nSPS) is 22.7. The van der Waals surface area contributed by atoms with Crippen LogP contribution in [-0.2, 0) is 4.79 Å². The molecular weight excluding hydrogens is 246 g/mol. The van der Waals surface area contributed by atoms with Crippen LogP contribution in [0.15, 0.2) is 16.7 Å². The molecule has 1 N–H and O–H groups in total. The van der Waals surface area contributed by atoms with Gasteiger partial charge in [-0.05, 0) is 32.3 Å². The lowest BCUT2D eigenvalue weighted by atomic mass is 9.90. The number of aliphatic carboxylic acids is 1. The lowest BCUT2D eigenvalue weighted by Crippen LogP contribution is -2.53. The summed E-state index contributed by atoms with van der Waals surface area (Å²) in [4.78, 5) is 25.7. The average molecular weight is 265 g/mol. The quantitative estimate of drug-likeness (QED) is 0.907. The van der Waals surface area contributed by atoms with Crippen molar-refractivity contribution in [3.8, 4) is 0 Å². The molecule has 1 aromatic heterocycles. The Bertz CT molecular complexity index is 493. The Morgan fingerprint density at radius 1 is 1.53 bits per heavy atom. The van der Waals surface area contributed by atoms with E-state index in [4.69, 9.17) is 4.42 Å². The van der Waals surface area contributed by atoms with Crippen LogP contribution < -0.4 is 0 Å². The highest BCUT2D eigenvalue weighted by molar-refractivity contribution is 5.99. The molecule has 0 spiro atoms. The summed E-state index contributed by atoms with van der Waals surface area (Å²) in [6.45, 7) is 4.15. The molecule has 1 saturated heterocycles. The third-order valence-electron chi connectivity index (χ3n) is 3.88. The van der Waals surface area contributed by atoms with Gasteiger partial charge in [0.2, 0.25) is 0 Å². The number of aryl methyl sites for hydroxylation is 1. The maximum absolute atomic E-state index is 12.5. The molecule has 1 unspecified atom stereocenters. The first kappa shape index (κ1) is 13.6. The van der Waals surface area contributed by atoms with Crippen molar-refractivity contribution in [1.29, 1.82) is 0 Å². The summed E-state index contributed by atoms with van der Waals surface area (Å²) >= 11 is 0. The van der Waals surface area contributed by atoms with E-state index in [-0.39, 0.29) is 5.91 Å². The van der Waals surface area contributed by atoms with Crippen LogP contribution in [0, 0.1) is 6.92 Å². The van der Waals surface area contributed by atoms with Gasteiger partial charge in [-0.1, -0.05) is 13.3 Å². The van der Waals surface area contributed by atoms with E-state index in [2.05, 4.69) is 0 Å². The van der Waals surface area contributed by atoms with Crippen LogP contribution >= 0.6 is 0 Å². The number of carbonyl (C=O) groups excluding carboxylic acids is 1. The fourth-order valence-corrected chi connectivity index (χ4v) is 2.93. The second kappa shape index (κ2) is 5.07. The molecule has 0 saturated carbocycles. The lowest BCUT2D eigenvalue weighted by Gasteiger charge is -2.34. The van der Waals surface area contributed by atoms with Gasteiger partial charge in [-0.25, -0.2) is 4.79 Å². The average Bonchev–Trinajstić information content (AvgIpc) is 2.96. The molecule has 1 fully saturated rings. The van der Waals surface area contributed by atoms with Gasteiger partial charge in [0.05, 0.1) is 11.8 Å². The number of likely N-dealkylation sites (tertiary alicyclic amines) is 1. The Kier molecular flexibility index (Phi) is 3.64. The summed E-state index contributed by atoms with van der Waals surface area (Å²) in [6.07, 6.45) is 3.94. The number of rotatable bonds is 4. The molecule has 1 aliphatic heterocycles. The highest BCUT2D eigenvalue weighted by Crippen LogP contribution is 2.35. The number of carbonyl (C=O) groups is 2. The van der Waals surface area contributed by atoms with Crippen LogP contribution in [0.5, 0.6) is 0 Å². The van der Waals surface area contributed by atoms with Gasteiger partial charge in [0, 0.05) is 6.54 Å². The Morgan fingerprint density at radius 2 is 2.26 bits per heavy atom. The number of furan rings is 1. The van der Waals surface area contributed by atoms with Crippen molar-refractivity contribution in [1.82, 2.24) is 4.90 Å². The third kappa shape index (κ3) is 2.13. The molecule has 19 heavy (non-hydrogen) atoms. The Morgan fingerprint density at radius 3 is 2.79 bits per heavy atom. The standard InChI is InChI=1S/C14H19NO4/c1-3-6-14(13(17)18)7-4-8-15(14)12(16)11-5-9-19-10(11)2/h5,9H,3-4,6-8H2,1-2H3,(H,17,18). The van der Waals surface area contributed by atoms with Crippen molar-refractivity contribution in [3.05, 3.63) is 23.7 Å². The predicted molar refractivity (Wildman–Crippen MR) is 69.0 cm³/mol. The van der Waals surface area contributed by atoms with Crippen LogP contribution in [-0.4, -0.2) is 34.0 Å². The van der Waals surface area contributed by atoms with Crippen LogP contribution in [0.2, 0.25) is 0 Å². The molecule has 0 aliphatic carbocycles. The fourth-order valence-electron chi connectivity index (χ4n) is 2.93. The van der Waals surface area contributed by atoms with E-state index in [0.29, 0.717) is 30.7 Å². The number of amides is 1. The number of carboxylic acid groups (broad SMARTS) is 1. The highest BCUT2D eigenvalue weighted by Gasteiger charge is 2.49. The predicted octanol–water partition coefficient (Wildman–Crippen LogP) is 2.45. The van der Waals surface area contributed by atoms with E-state index in [1.807, 2.05) is 6.92 Å². The van der Waals surface area contributed by atoms with Crippen molar-refractivity contribution >= 4 is 11.9 Å². The molecule has 0 radical (unpaired) electrons. The highest BCUT2D eigenvalue weighted by atomic mass is 16.4. The van der Waals surface area contributed by atoms with E-state index < -0.39 is 11.5 Å². The number of hydrogen-bond acceptors (Lipinski definition) is 3. The first-order chi connectivity index (χ1) is 9.03. The maximum atomic E-state index is 12.5. The molecular formula is C14H19NO4. The second-order valence-corrected chi connectivity index (χ2v) is 5.04. The molecule has 0 aromatic carbocycles. The SMILES string of the molecule is CCCC1(C(=O)O)CCCN1C(=O)c1ccoc1C. The zero-order chi connectivity index (χ0) is 14.0. The minimum Gasteiger partial charge on any atom is -0.479 e. The minimum atomic E-state index is -1.05. The van der Waals surface area contributed by atoms with Crippen LogP contribution in [0.4, 0.5) is 0 Å². The van der Waals surface area contributed by atoms with Crippen molar-refractivity contribution in [3.63, 3.8) is 0 Å². The molecule has 5 nitrogen and oxygen atoms in total. The van der Waals surface area contributed by atoms with Crippen LogP contribution in [0.25, 0.3) is 0 Å². The smallest absolute Gasteiger partial charge is 0.329 e. The molecule has 2 heterocycles. The molecule has 2 rings (SSSR count). The van der Waals surface area contributed by atoms with Crippen molar-refractivity contribution < 1.29 is 19.1 Å². The van der Waals surface area contributed by atoms with Gasteiger partial charge < -0.3 is 14.4 Å². The van der Waals surface area contributed by atoms with E-state index in [1.165, 1.54) is 11.2 Å². The maximum Gasteiger partial charge on any atom is 0.329 e. The van der Waals surface area contributed by atoms with Crippen molar-refractivity contribution in [2.75, 3.05) is 6.54 Å². The van der Waals surface area contributed by atoms with Gasteiger partial charge in [-0.2, -0.15) is 0 Å². The summed E-state index contributed by atoms with van der Waals surface area (Å²) in [5.41, 5.74) is -0.584. The molecule has 1 atom stereocenters. The van der Waals surface area contributed by atoms with Crippen LogP contribution in [0.3, 0.4) is 0 Å². The Labute approximate surface area is 112 Å². The van der Waals surface area contributed by atoms with E-state index in [9.17, 15) is 14.7 Å². The van der Waals surface area contributed by atoms with Gasteiger partial charge in [-0.15, -0.1) is 0 Å². The van der Waals surface area contributed by atoms with Gasteiger partial charge in [-0.3, -0.25) is 4.79 Å². The summed E-state index contributed by atoms with van der Waals surface area (Å²) in [7, 11) is 0. The first-order valence-electron chi connectivity index (χ1n) is 6.62. The van der Waals surface area contributed by atoms with Gasteiger partial charge in [0.15, 0.2) is 0 Å². The van der Waals surface area contributed by atoms with Crippen molar-refractivity contribution in [2.24, 2.45) is 0 Å². The Hall–Kier alpha value is -1.78. The van der Waals surface area contributed by atoms with Crippen molar-refractivity contribution in [2.45, 2.75) is 45.1 Å². The van der Waals surface area contributed by atoms with Gasteiger partial charge >= 0.3 is 5.97 Å². The molecule has 1 aromatic rings. The lowest BCUT2D eigenvalue weighted by molar-refractivity contribution is -0.148. The minimum absolute atomic E-state index is 0.236. The zero-order valence-electron chi connectivity index (χ0n) is 11.3. The van der Waals surface area contributed by atoms with E-state index >= 15 is 0 Å². The van der Waals surface area contributed by atoms with Crippen LogP contribution in [0.1, 0.15) is 48.7 Å². The number of nitrogens with zero attached hydrogens (tertiary/aromatic N) is 1. The second-order valence-electron chi connectivity index (χ2n) is 5.04.